The zero-order valence-electron chi connectivity index (χ0n) is 17.0. The van der Waals surface area contributed by atoms with E-state index in [4.69, 9.17) is 0 Å². The first kappa shape index (κ1) is 21.7. The number of hydrogen-bond donors (Lipinski definition) is 0. The molecule has 29 heavy (non-hydrogen) atoms. The normalized spacial score (nSPS) is 24.9. The van der Waals surface area contributed by atoms with Crippen LogP contribution in [0.3, 0.4) is 0 Å². The standard InChI is InChI=1S/C21H29N5O2.ClH/c1-16-5-6-17-18(15-16)20(28)26(19(17)27)10-3-2-9-24-11-13-25(14-12-24)21-22-7-4-8-23-21;/h4-5,7-8,17-18H,2-3,6,9-15H2,1H3;1H. The Balaban J connectivity index is 0.00000240. The molecule has 2 amide bonds. The van der Waals surface area contributed by atoms with Crippen LogP contribution >= 0.6 is 12.4 Å². The molecular weight excluding hydrogens is 390 g/mol. The molecule has 2 fully saturated rings. The first-order chi connectivity index (χ1) is 13.6. The molecule has 2 saturated heterocycles. The minimum absolute atomic E-state index is 0. The second-order valence-electron chi connectivity index (χ2n) is 8.12. The van der Waals surface area contributed by atoms with Crippen LogP contribution in [0.4, 0.5) is 5.95 Å². The lowest BCUT2D eigenvalue weighted by molar-refractivity contribution is -0.139. The highest BCUT2D eigenvalue weighted by Gasteiger charge is 2.47. The van der Waals surface area contributed by atoms with Crippen LogP contribution in [0.2, 0.25) is 0 Å². The van der Waals surface area contributed by atoms with Crippen LogP contribution in [0.5, 0.6) is 0 Å². The summed E-state index contributed by atoms with van der Waals surface area (Å²) >= 11 is 0. The molecule has 7 nitrogen and oxygen atoms in total. The molecule has 3 aliphatic rings. The van der Waals surface area contributed by atoms with E-state index in [1.54, 1.807) is 12.4 Å². The van der Waals surface area contributed by atoms with Gasteiger partial charge in [-0.2, -0.15) is 0 Å². The summed E-state index contributed by atoms with van der Waals surface area (Å²) in [6.07, 6.45) is 9.05. The number of halogens is 1. The molecule has 0 aromatic carbocycles. The molecule has 0 N–H and O–H groups in total. The number of hydrogen-bond acceptors (Lipinski definition) is 6. The number of fused-ring (bicyclic) bond motifs is 1. The number of anilines is 1. The summed E-state index contributed by atoms with van der Waals surface area (Å²) in [6.45, 7) is 7.49. The molecule has 1 aliphatic carbocycles. The van der Waals surface area contributed by atoms with Gasteiger partial charge in [-0.25, -0.2) is 9.97 Å². The molecular formula is C21H30ClN5O2. The molecule has 0 spiro atoms. The van der Waals surface area contributed by atoms with Gasteiger partial charge in [0.1, 0.15) is 0 Å². The van der Waals surface area contributed by atoms with Gasteiger partial charge in [-0.05, 0) is 45.2 Å². The average Bonchev–Trinajstić information content (AvgIpc) is 2.96. The van der Waals surface area contributed by atoms with E-state index in [1.807, 2.05) is 6.07 Å². The summed E-state index contributed by atoms with van der Waals surface area (Å²) in [5.74, 6) is 0.698. The van der Waals surface area contributed by atoms with Crippen molar-refractivity contribution in [2.45, 2.75) is 32.6 Å². The summed E-state index contributed by atoms with van der Waals surface area (Å²) < 4.78 is 0. The quantitative estimate of drug-likeness (QED) is 0.399. The molecule has 0 bridgehead atoms. The largest absolute Gasteiger partial charge is 0.338 e. The molecule has 3 heterocycles. The fraction of sp³-hybridized carbons (Fsp3) is 0.619. The van der Waals surface area contributed by atoms with E-state index in [9.17, 15) is 9.59 Å². The topological polar surface area (TPSA) is 69.6 Å². The van der Waals surface area contributed by atoms with Gasteiger partial charge in [-0.15, -0.1) is 12.4 Å². The summed E-state index contributed by atoms with van der Waals surface area (Å²) in [6, 6.07) is 1.84. The average molecular weight is 420 g/mol. The molecule has 158 valence electrons. The molecule has 0 radical (unpaired) electrons. The van der Waals surface area contributed by atoms with Crippen LogP contribution in [0.1, 0.15) is 32.6 Å². The highest BCUT2D eigenvalue weighted by molar-refractivity contribution is 6.05. The monoisotopic (exact) mass is 419 g/mol. The Morgan fingerprint density at radius 3 is 2.34 bits per heavy atom. The van der Waals surface area contributed by atoms with Crippen molar-refractivity contribution in [3.63, 3.8) is 0 Å². The van der Waals surface area contributed by atoms with Crippen molar-refractivity contribution in [3.8, 4) is 0 Å². The maximum absolute atomic E-state index is 12.6. The van der Waals surface area contributed by atoms with E-state index >= 15 is 0 Å². The minimum atomic E-state index is -0.107. The summed E-state index contributed by atoms with van der Waals surface area (Å²) in [7, 11) is 0. The smallest absolute Gasteiger partial charge is 0.233 e. The van der Waals surface area contributed by atoms with Gasteiger partial charge in [-0.1, -0.05) is 11.6 Å². The molecule has 1 aromatic heterocycles. The Kier molecular flexibility index (Phi) is 7.24. The maximum atomic E-state index is 12.6. The minimum Gasteiger partial charge on any atom is -0.338 e. The highest BCUT2D eigenvalue weighted by atomic mass is 35.5. The molecule has 2 unspecified atom stereocenters. The number of carbonyl (C=O) groups is 2. The maximum Gasteiger partial charge on any atom is 0.233 e. The Morgan fingerprint density at radius 1 is 0.966 bits per heavy atom. The number of amides is 2. The third kappa shape index (κ3) is 4.78. The number of rotatable bonds is 6. The molecule has 1 aromatic rings. The summed E-state index contributed by atoms with van der Waals surface area (Å²) in [5.41, 5.74) is 1.24. The van der Waals surface area contributed by atoms with E-state index in [1.165, 1.54) is 10.5 Å². The number of imide groups is 1. The second kappa shape index (κ2) is 9.67. The highest BCUT2D eigenvalue weighted by Crippen LogP contribution is 2.37. The van der Waals surface area contributed by atoms with Crippen molar-refractivity contribution in [3.05, 3.63) is 30.1 Å². The predicted octanol–water partition coefficient (Wildman–Crippen LogP) is 2.14. The van der Waals surface area contributed by atoms with Gasteiger partial charge in [-0.3, -0.25) is 19.4 Å². The fourth-order valence-corrected chi connectivity index (χ4v) is 4.56. The van der Waals surface area contributed by atoms with Crippen LogP contribution in [-0.2, 0) is 9.59 Å². The third-order valence-corrected chi connectivity index (χ3v) is 6.23. The second-order valence-corrected chi connectivity index (χ2v) is 8.12. The molecule has 4 rings (SSSR count). The third-order valence-electron chi connectivity index (χ3n) is 6.23. The van der Waals surface area contributed by atoms with Gasteiger partial charge in [0, 0.05) is 45.1 Å². The van der Waals surface area contributed by atoms with Crippen molar-refractivity contribution >= 4 is 30.2 Å². The number of likely N-dealkylation sites (tertiary alicyclic amines) is 1. The fourth-order valence-electron chi connectivity index (χ4n) is 4.56. The van der Waals surface area contributed by atoms with Gasteiger partial charge in [0.25, 0.3) is 0 Å². The number of nitrogens with zero attached hydrogens (tertiary/aromatic N) is 5. The van der Waals surface area contributed by atoms with Crippen LogP contribution in [-0.4, -0.2) is 70.9 Å². The van der Waals surface area contributed by atoms with Crippen LogP contribution in [0, 0.1) is 11.8 Å². The SMILES string of the molecule is CC1=CCC2C(=O)N(CCCCN3CCN(c4ncccn4)CC3)C(=O)C2C1.Cl. The number of allylic oxidation sites excluding steroid dienone is 2. The number of unbranched alkanes of at least 4 members (excludes halogenated alkanes) is 1. The van der Waals surface area contributed by atoms with Crippen LogP contribution < -0.4 is 4.90 Å². The summed E-state index contributed by atoms with van der Waals surface area (Å²) in [4.78, 5) is 40.0. The molecule has 2 atom stereocenters. The van der Waals surface area contributed by atoms with Gasteiger partial charge in [0.15, 0.2) is 0 Å². The van der Waals surface area contributed by atoms with Gasteiger partial charge in [0.05, 0.1) is 11.8 Å². The molecule has 0 saturated carbocycles. The Morgan fingerprint density at radius 2 is 1.62 bits per heavy atom. The van der Waals surface area contributed by atoms with E-state index in [0.717, 1.165) is 64.4 Å². The lowest BCUT2D eigenvalue weighted by atomic mass is 9.82. The van der Waals surface area contributed by atoms with Gasteiger partial charge in [0.2, 0.25) is 17.8 Å². The lowest BCUT2D eigenvalue weighted by Crippen LogP contribution is -2.47. The zero-order chi connectivity index (χ0) is 19.5. The van der Waals surface area contributed by atoms with Gasteiger partial charge < -0.3 is 4.90 Å². The first-order valence-corrected chi connectivity index (χ1v) is 10.4. The summed E-state index contributed by atoms with van der Waals surface area (Å²) in [5, 5.41) is 0. The van der Waals surface area contributed by atoms with E-state index in [-0.39, 0.29) is 36.1 Å². The zero-order valence-corrected chi connectivity index (χ0v) is 17.8. The Bertz CT molecular complexity index is 749. The van der Waals surface area contributed by atoms with Gasteiger partial charge >= 0.3 is 0 Å². The Labute approximate surface area is 178 Å². The lowest BCUT2D eigenvalue weighted by Gasteiger charge is -2.34. The van der Waals surface area contributed by atoms with Crippen molar-refractivity contribution < 1.29 is 9.59 Å². The molecule has 8 heteroatoms. The van der Waals surface area contributed by atoms with Crippen molar-refractivity contribution in [2.75, 3.05) is 44.2 Å². The number of piperazine rings is 1. The Hall–Kier alpha value is -1.99. The van der Waals surface area contributed by atoms with Crippen molar-refractivity contribution in [1.82, 2.24) is 19.8 Å². The first-order valence-electron chi connectivity index (χ1n) is 10.4. The van der Waals surface area contributed by atoms with E-state index in [2.05, 4.69) is 32.8 Å². The predicted molar refractivity (Wildman–Crippen MR) is 114 cm³/mol. The molecule has 2 aliphatic heterocycles. The van der Waals surface area contributed by atoms with Crippen LogP contribution in [0.25, 0.3) is 0 Å². The van der Waals surface area contributed by atoms with Crippen LogP contribution in [0.15, 0.2) is 30.1 Å². The van der Waals surface area contributed by atoms with Crippen molar-refractivity contribution in [1.29, 1.82) is 0 Å². The van der Waals surface area contributed by atoms with E-state index < -0.39 is 0 Å². The van der Waals surface area contributed by atoms with E-state index in [0.29, 0.717) is 6.54 Å². The number of aromatic nitrogens is 2. The number of carbonyl (C=O) groups excluding carboxylic acids is 2. The van der Waals surface area contributed by atoms with Crippen molar-refractivity contribution in [2.24, 2.45) is 11.8 Å².